The molecule has 28 heteroatoms. The van der Waals surface area contributed by atoms with Crippen molar-refractivity contribution in [3.63, 3.8) is 0 Å². The molecule has 5 N–H and O–H groups in total. The molecule has 0 amide bonds. The highest BCUT2D eigenvalue weighted by Crippen LogP contribution is 2.47. The van der Waals surface area contributed by atoms with Crippen LogP contribution in [-0.2, 0) is 68.7 Å². The van der Waals surface area contributed by atoms with Crippen molar-refractivity contribution in [1.29, 1.82) is 0 Å². The van der Waals surface area contributed by atoms with Gasteiger partial charge >= 0.3 is 0 Å². The number of hydrogen-bond donors (Lipinski definition) is 5. The van der Waals surface area contributed by atoms with E-state index in [1.54, 1.807) is 19.2 Å². The van der Waals surface area contributed by atoms with Gasteiger partial charge < -0.3 is 39.7 Å². The smallest absolute Gasteiger partial charge is 0.191 e. The van der Waals surface area contributed by atoms with Crippen molar-refractivity contribution in [2.75, 3.05) is 66.6 Å². The summed E-state index contributed by atoms with van der Waals surface area (Å²) in [6.45, 7) is -0.495. The second-order valence-electron chi connectivity index (χ2n) is 30.9. The minimum absolute atomic E-state index is 0.0212. The maximum absolute atomic E-state index is 13.7. The molecule has 5 aliphatic rings. The standard InChI is InChI=1S/C19H22N2O3.C18H19ClN2O2.C18H18F2N2O3.C18H19FN2O3.C18H19FN2O2/c1-24-16-6-4-15(5-7-16)19(8-2-3-9-19)10-18-20-11-14(12-21-18)17(23)13-22;19-15-5-3-4-14(8-15)18(6-1-2-7-18)9-17-20-10-13(11-21-17)16(23)12-22;19-14-5-13(6-15(20)7-14)18(1-3-25-4-2-18)8-17-21-9-12(10-22-17)16(24)11-23;19-15-3-1-14(2-4-15)18(5-7-24-8-6-18)9-17-20-10-13(11-21-17)16(23)12-22;19-15-5-3-4-14(8-15)18(6-1-2-7-18)9-17-20-10-13(11-21-17)16(23)12-22/h4-7,11-12,22H,2-3,8-10,13H2,1H3;3-5,8,10-11,22H,1-2,6-7,9,12H2;5-7,9-10,23H,1-4,8,11H2;1-4,10-11,22H,5-9,12H2;3-5,8,10-11,22H,1-2,6-7,9,12H2. The van der Waals surface area contributed by atoms with E-state index in [2.05, 4.69) is 68.0 Å². The van der Waals surface area contributed by atoms with Gasteiger partial charge in [0, 0.05) is 159 Å². The summed E-state index contributed by atoms with van der Waals surface area (Å²) in [6, 6.07) is 33.2. The number of aromatic nitrogens is 10. The van der Waals surface area contributed by atoms with Crippen molar-refractivity contribution in [3.05, 3.63) is 290 Å². The van der Waals surface area contributed by atoms with Crippen LogP contribution >= 0.6 is 11.6 Å². The second kappa shape index (κ2) is 42.4. The zero-order valence-corrected chi connectivity index (χ0v) is 67.1. The van der Waals surface area contributed by atoms with Gasteiger partial charge in [-0.25, -0.2) is 67.4 Å². The molecule has 3 saturated carbocycles. The predicted molar refractivity (Wildman–Crippen MR) is 433 cm³/mol. The lowest BCUT2D eigenvalue weighted by atomic mass is 9.71. The topological polar surface area (TPSA) is 343 Å². The van der Waals surface area contributed by atoms with E-state index in [0.717, 1.165) is 117 Å². The number of hydrogen-bond acceptors (Lipinski definition) is 23. The highest BCUT2D eigenvalue weighted by Gasteiger charge is 2.42. The Balaban J connectivity index is 0.000000146. The first kappa shape index (κ1) is 89.2. The van der Waals surface area contributed by atoms with E-state index in [1.807, 2.05) is 48.5 Å². The van der Waals surface area contributed by atoms with Crippen LogP contribution in [0.4, 0.5) is 17.6 Å². The molecule has 5 aromatic heterocycles. The van der Waals surface area contributed by atoms with Gasteiger partial charge in [0.05, 0.1) is 34.9 Å². The first-order valence-electron chi connectivity index (χ1n) is 39.9. The molecule has 0 radical (unpaired) electrons. The zero-order valence-electron chi connectivity index (χ0n) is 66.3. The van der Waals surface area contributed by atoms with Crippen molar-refractivity contribution in [1.82, 2.24) is 49.8 Å². The number of benzene rings is 5. The average Bonchev–Trinajstić information content (AvgIpc) is 1.55. The van der Waals surface area contributed by atoms with Crippen LogP contribution in [0.15, 0.2) is 177 Å². The van der Waals surface area contributed by atoms with Crippen LogP contribution in [0.1, 0.15) is 211 Å². The summed E-state index contributed by atoms with van der Waals surface area (Å²) in [5.41, 5.74) is 5.88. The van der Waals surface area contributed by atoms with Crippen LogP contribution in [0.3, 0.4) is 0 Å². The highest BCUT2D eigenvalue weighted by molar-refractivity contribution is 6.30. The van der Waals surface area contributed by atoms with Crippen molar-refractivity contribution >= 4 is 40.5 Å². The maximum Gasteiger partial charge on any atom is 0.191 e. The third-order valence-electron chi connectivity index (χ3n) is 23.4. The lowest BCUT2D eigenvalue weighted by Gasteiger charge is -2.37. The predicted octanol–water partition coefficient (Wildman–Crippen LogP) is 13.2. The second-order valence-corrected chi connectivity index (χ2v) is 31.3. The van der Waals surface area contributed by atoms with E-state index in [-0.39, 0.29) is 50.4 Å². The van der Waals surface area contributed by atoms with Crippen LogP contribution in [0.25, 0.3) is 0 Å². The number of carbonyl (C=O) groups is 5. The third-order valence-corrected chi connectivity index (χ3v) is 23.7. The Bertz CT molecular complexity index is 4850. The van der Waals surface area contributed by atoms with Crippen LogP contribution in [0, 0.1) is 23.3 Å². The summed E-state index contributed by atoms with van der Waals surface area (Å²) in [5, 5.41) is 45.2. The van der Waals surface area contributed by atoms with Crippen molar-refractivity contribution in [2.45, 2.75) is 162 Å². The van der Waals surface area contributed by atoms with Gasteiger partial charge in [0.2, 0.25) is 0 Å². The van der Waals surface area contributed by atoms with Crippen LogP contribution < -0.4 is 4.74 Å². The minimum Gasteiger partial charge on any atom is -0.497 e. The number of halogens is 5. The summed E-state index contributed by atoms with van der Waals surface area (Å²) in [7, 11) is 1.67. The SMILES string of the molecule is COc1ccc(C2(Cc3ncc(C(=O)CO)cn3)CCCC2)cc1.O=C(CO)c1cnc(CC2(c3cc(F)cc(F)c3)CCOCC2)nc1.O=C(CO)c1cnc(CC2(c3ccc(F)cc3)CCOCC2)nc1.O=C(CO)c1cnc(CC2(c3cccc(Cl)c3)CCCC2)nc1.O=C(CO)c1cnc(CC2(c3cccc(F)c3)CCCC2)nc1. The summed E-state index contributed by atoms with van der Waals surface area (Å²) in [6.07, 6.45) is 33.8. The summed E-state index contributed by atoms with van der Waals surface area (Å²) in [4.78, 5) is 100. The van der Waals surface area contributed by atoms with Gasteiger partial charge in [-0.05, 0) is 153 Å². The van der Waals surface area contributed by atoms with Crippen molar-refractivity contribution in [2.24, 2.45) is 0 Å². The van der Waals surface area contributed by atoms with Gasteiger partial charge in [0.25, 0.3) is 0 Å². The lowest BCUT2D eigenvalue weighted by molar-refractivity contribution is 0.0490. The van der Waals surface area contributed by atoms with Gasteiger partial charge in [0.1, 0.15) is 91.2 Å². The highest BCUT2D eigenvalue weighted by atomic mass is 35.5. The molecule has 0 spiro atoms. The van der Waals surface area contributed by atoms with E-state index in [4.69, 9.17) is 51.3 Å². The number of ether oxygens (including phenoxy) is 3. The fraction of sp³-hybridized carbons (Fsp3) is 0.396. The molecule has 0 atom stereocenters. The fourth-order valence-corrected chi connectivity index (χ4v) is 16.9. The van der Waals surface area contributed by atoms with Gasteiger partial charge in [0.15, 0.2) is 28.9 Å². The Hall–Kier alpha value is -10.6. The van der Waals surface area contributed by atoms with Crippen molar-refractivity contribution in [3.8, 4) is 5.75 Å². The van der Waals surface area contributed by atoms with E-state index in [0.29, 0.717) is 104 Å². The molecule has 5 aromatic carbocycles. The number of aliphatic hydroxyl groups is 5. The van der Waals surface area contributed by atoms with E-state index in [9.17, 15) is 41.5 Å². The molecule has 7 heterocycles. The van der Waals surface area contributed by atoms with Crippen LogP contribution in [-0.4, -0.2) is 171 Å². The molecule has 3 aliphatic carbocycles. The van der Waals surface area contributed by atoms with Crippen molar-refractivity contribution < 1.29 is 81.3 Å². The molecular formula is C91H97ClF4N10O13. The number of rotatable bonds is 26. The number of methoxy groups -OCH3 is 1. The average molecular weight is 1650 g/mol. The molecule has 2 aliphatic heterocycles. The van der Waals surface area contributed by atoms with Gasteiger partial charge in [-0.1, -0.05) is 98.7 Å². The Morgan fingerprint density at radius 3 is 0.891 bits per heavy atom. The summed E-state index contributed by atoms with van der Waals surface area (Å²) < 4.78 is 70.4. The molecular weight excluding hydrogens is 1550 g/mol. The number of ketones is 5. The fourth-order valence-electron chi connectivity index (χ4n) is 16.7. The minimum atomic E-state index is -0.620. The molecule has 23 nitrogen and oxygen atoms in total. The Labute approximate surface area is 692 Å². The Morgan fingerprint density at radius 2 is 0.597 bits per heavy atom. The van der Waals surface area contributed by atoms with Crippen LogP contribution in [0.5, 0.6) is 5.75 Å². The molecule has 5 fully saturated rings. The zero-order chi connectivity index (χ0) is 84.4. The van der Waals surface area contributed by atoms with E-state index >= 15 is 0 Å². The third kappa shape index (κ3) is 23.5. The molecule has 0 unspecified atom stereocenters. The molecule has 10 aromatic rings. The molecule has 15 rings (SSSR count). The molecule has 2 saturated heterocycles. The molecule has 0 bridgehead atoms. The molecule has 119 heavy (non-hydrogen) atoms. The number of nitrogens with zero attached hydrogens (tertiary/aromatic N) is 10. The van der Waals surface area contributed by atoms with Gasteiger partial charge in [-0.2, -0.15) is 0 Å². The molecule has 624 valence electrons. The Morgan fingerprint density at radius 1 is 0.328 bits per heavy atom. The van der Waals surface area contributed by atoms with Gasteiger partial charge in [-0.3, -0.25) is 24.0 Å². The Kier molecular flexibility index (Phi) is 31.7. The quantitative estimate of drug-likeness (QED) is 0.0248. The first-order valence-corrected chi connectivity index (χ1v) is 40.3. The number of Topliss-reactive ketones (excluding diaryl/α,β-unsaturated/α-hetero) is 5. The number of carbonyl (C=O) groups excluding carboxylic acids is 5. The van der Waals surface area contributed by atoms with Crippen LogP contribution in [0.2, 0.25) is 5.02 Å². The summed E-state index contributed by atoms with van der Waals surface area (Å²) >= 11 is 6.17. The maximum atomic E-state index is 13.7. The van der Waals surface area contributed by atoms with E-state index in [1.165, 1.54) is 129 Å². The lowest BCUT2D eigenvalue weighted by Crippen LogP contribution is -2.36. The monoisotopic (exact) mass is 1650 g/mol. The van der Waals surface area contributed by atoms with E-state index < -0.39 is 67.4 Å². The van der Waals surface area contributed by atoms with Gasteiger partial charge in [-0.15, -0.1) is 0 Å². The largest absolute Gasteiger partial charge is 0.497 e. The first-order chi connectivity index (χ1) is 57.6. The summed E-state index contributed by atoms with van der Waals surface area (Å²) in [5.74, 6) is 0.368. The normalized spacial score (nSPS) is 16.5. The number of aliphatic hydroxyl groups excluding tert-OH is 5.